The van der Waals surface area contributed by atoms with Gasteiger partial charge in [-0.1, -0.05) is 158 Å². The zero-order valence-electron chi connectivity index (χ0n) is 22.3. The van der Waals surface area contributed by atoms with Crippen molar-refractivity contribution in [3.63, 3.8) is 0 Å². The van der Waals surface area contributed by atoms with Gasteiger partial charge in [-0.3, -0.25) is 0 Å². The third kappa shape index (κ3) is 4.84. The molecule has 40 heavy (non-hydrogen) atoms. The summed E-state index contributed by atoms with van der Waals surface area (Å²) >= 11 is 0. The third-order valence-corrected chi connectivity index (χ3v) is 12.8. The first-order valence-corrected chi connectivity index (χ1v) is 16.6. The predicted molar refractivity (Wildman–Crippen MR) is 176 cm³/mol. The molecule has 0 radical (unpaired) electrons. The van der Waals surface area contributed by atoms with Gasteiger partial charge in [0.15, 0.2) is 0 Å². The molecule has 0 heterocycles. The highest BCUT2D eigenvalue weighted by Gasteiger charge is 2.28. The van der Waals surface area contributed by atoms with Crippen LogP contribution in [0.25, 0.3) is 0 Å². The number of hydrogen-bond acceptors (Lipinski definition) is 0. The van der Waals surface area contributed by atoms with Gasteiger partial charge in [-0.25, -0.2) is 0 Å². The molecule has 6 aromatic carbocycles. The normalized spacial score (nSPS) is 12.2. The minimum atomic E-state index is -0.657. The maximum Gasteiger partial charge on any atom is -0.000693 e. The van der Waals surface area contributed by atoms with Gasteiger partial charge in [0.2, 0.25) is 0 Å². The Morgan fingerprint density at radius 2 is 0.625 bits per heavy atom. The maximum absolute atomic E-state index is 2.40. The fourth-order valence-electron chi connectivity index (χ4n) is 5.95. The average Bonchev–Trinajstić information content (AvgIpc) is 3.03. The zero-order valence-corrected chi connectivity index (χ0v) is 24.1. The van der Waals surface area contributed by atoms with E-state index >= 15 is 0 Å². The van der Waals surface area contributed by atoms with Crippen LogP contribution in [0.3, 0.4) is 0 Å². The van der Waals surface area contributed by atoms with Gasteiger partial charge >= 0.3 is 0 Å². The lowest BCUT2D eigenvalue weighted by Gasteiger charge is -2.30. The minimum Gasteiger partial charge on any atom is -0.0622 e. The van der Waals surface area contributed by atoms with E-state index in [4.69, 9.17) is 0 Å². The monoisotopic (exact) mass is 548 g/mol. The Morgan fingerprint density at radius 1 is 0.300 bits per heavy atom. The van der Waals surface area contributed by atoms with Crippen molar-refractivity contribution in [3.8, 4) is 0 Å². The second kappa shape index (κ2) is 11.3. The summed E-state index contributed by atoms with van der Waals surface area (Å²) in [4.78, 5) is 0. The highest BCUT2D eigenvalue weighted by Crippen LogP contribution is 2.40. The summed E-state index contributed by atoms with van der Waals surface area (Å²) in [5, 5.41) is 8.63. The van der Waals surface area contributed by atoms with Gasteiger partial charge < -0.3 is 0 Å². The SMILES string of the molecule is c1ccc(P(c2ccccc2)c2cccc3c2Cc2c(cccc2P(c2ccccc2)c2ccccc2)C3)cc1. The molecule has 192 valence electrons. The van der Waals surface area contributed by atoms with Crippen LogP contribution in [0.2, 0.25) is 0 Å². The largest absolute Gasteiger partial charge is 0.0622 e. The molecule has 0 amide bonds. The van der Waals surface area contributed by atoms with Crippen molar-refractivity contribution in [1.29, 1.82) is 0 Å². The van der Waals surface area contributed by atoms with Crippen LogP contribution < -0.4 is 31.8 Å². The van der Waals surface area contributed by atoms with Crippen LogP contribution in [0, 0.1) is 0 Å². The molecule has 0 N–H and O–H groups in total. The molecule has 0 fully saturated rings. The zero-order chi connectivity index (χ0) is 26.7. The molecule has 0 bridgehead atoms. The van der Waals surface area contributed by atoms with Crippen molar-refractivity contribution in [2.24, 2.45) is 0 Å². The Bertz CT molecular complexity index is 1520. The van der Waals surface area contributed by atoms with Crippen LogP contribution in [0.15, 0.2) is 158 Å². The van der Waals surface area contributed by atoms with E-state index in [-0.39, 0.29) is 0 Å². The molecular formula is C38H30P2. The molecule has 0 aromatic heterocycles. The third-order valence-electron chi connectivity index (χ3n) is 7.77. The summed E-state index contributed by atoms with van der Waals surface area (Å²) < 4.78 is 0. The summed E-state index contributed by atoms with van der Waals surface area (Å²) in [7, 11) is -1.31. The quantitative estimate of drug-likeness (QED) is 0.203. The Hall–Kier alpha value is -3.82. The smallest absolute Gasteiger partial charge is 0.000693 e. The fourth-order valence-corrected chi connectivity index (χ4v) is 11.0. The summed E-state index contributed by atoms with van der Waals surface area (Å²) in [6.45, 7) is 0. The highest BCUT2D eigenvalue weighted by atomic mass is 31.1. The van der Waals surface area contributed by atoms with E-state index in [0.29, 0.717) is 0 Å². The molecule has 1 aliphatic rings. The van der Waals surface area contributed by atoms with Crippen LogP contribution in [0.4, 0.5) is 0 Å². The summed E-state index contributed by atoms with van der Waals surface area (Å²) in [5.74, 6) is 0. The molecular weight excluding hydrogens is 518 g/mol. The van der Waals surface area contributed by atoms with Crippen LogP contribution in [0.5, 0.6) is 0 Å². The molecule has 1 aliphatic carbocycles. The molecule has 0 spiro atoms. The molecule has 0 aliphatic heterocycles. The molecule has 0 nitrogen and oxygen atoms in total. The molecule has 2 heteroatoms. The lowest BCUT2D eigenvalue weighted by molar-refractivity contribution is 1.02. The Balaban J connectivity index is 1.39. The minimum absolute atomic E-state index is 0.657. The highest BCUT2D eigenvalue weighted by molar-refractivity contribution is 7.80. The molecule has 0 unspecified atom stereocenters. The standard InChI is InChI=1S/C38H30P2/c1-5-17-31(18-6-1)39(32-19-7-2-8-20-32)37-25-13-15-29-27-30-16-14-26-38(36(30)28-35(29)37)40(33-21-9-3-10-22-33)34-23-11-4-12-24-34/h1-26H,27-28H2. The number of fused-ring (bicyclic) bond motifs is 2. The van der Waals surface area contributed by atoms with Gasteiger partial charge in [-0.2, -0.15) is 0 Å². The molecule has 0 atom stereocenters. The average molecular weight is 549 g/mol. The van der Waals surface area contributed by atoms with E-state index in [1.807, 2.05) is 0 Å². The van der Waals surface area contributed by atoms with Crippen molar-refractivity contribution in [2.75, 3.05) is 0 Å². The Morgan fingerprint density at radius 3 is 0.950 bits per heavy atom. The molecule has 6 aromatic rings. The topological polar surface area (TPSA) is 0 Å². The first kappa shape index (κ1) is 25.2. The number of benzene rings is 6. The van der Waals surface area contributed by atoms with Gasteiger partial charge in [-0.15, -0.1) is 0 Å². The molecule has 7 rings (SSSR count). The van der Waals surface area contributed by atoms with E-state index in [0.717, 1.165) is 12.8 Å². The number of rotatable bonds is 6. The lowest BCUT2D eigenvalue weighted by Crippen LogP contribution is -2.29. The predicted octanol–water partition coefficient (Wildman–Crippen LogP) is 6.70. The van der Waals surface area contributed by atoms with Crippen LogP contribution >= 0.6 is 15.8 Å². The van der Waals surface area contributed by atoms with Gasteiger partial charge in [0.1, 0.15) is 0 Å². The molecule has 0 saturated carbocycles. The van der Waals surface area contributed by atoms with Crippen molar-refractivity contribution in [2.45, 2.75) is 12.8 Å². The van der Waals surface area contributed by atoms with Crippen LogP contribution in [-0.2, 0) is 12.8 Å². The van der Waals surface area contributed by atoms with Crippen LogP contribution in [-0.4, -0.2) is 0 Å². The van der Waals surface area contributed by atoms with Crippen molar-refractivity contribution >= 4 is 47.7 Å². The van der Waals surface area contributed by atoms with Crippen molar-refractivity contribution < 1.29 is 0 Å². The van der Waals surface area contributed by atoms with Gasteiger partial charge in [0, 0.05) is 0 Å². The van der Waals surface area contributed by atoms with Crippen molar-refractivity contribution in [1.82, 2.24) is 0 Å². The first-order chi connectivity index (χ1) is 19.9. The summed E-state index contributed by atoms with van der Waals surface area (Å²) in [5.41, 5.74) is 6.00. The van der Waals surface area contributed by atoms with Gasteiger partial charge in [0.25, 0.3) is 0 Å². The number of hydrogen-bond donors (Lipinski definition) is 0. The molecule has 0 saturated heterocycles. The van der Waals surface area contributed by atoms with Gasteiger partial charge in [0.05, 0.1) is 0 Å². The summed E-state index contributed by atoms with van der Waals surface area (Å²) in [6, 6.07) is 58.5. The fraction of sp³-hybridized carbons (Fsp3) is 0.0526. The Labute approximate surface area is 239 Å². The van der Waals surface area contributed by atoms with E-state index in [1.54, 1.807) is 0 Å². The Kier molecular flexibility index (Phi) is 7.14. The van der Waals surface area contributed by atoms with E-state index in [2.05, 4.69) is 158 Å². The lowest BCUT2D eigenvalue weighted by atomic mass is 9.86. The van der Waals surface area contributed by atoms with E-state index < -0.39 is 15.8 Å². The first-order valence-electron chi connectivity index (χ1n) is 13.9. The van der Waals surface area contributed by atoms with Gasteiger partial charge in [-0.05, 0) is 82.8 Å². The second-order valence-corrected chi connectivity index (χ2v) is 14.6. The van der Waals surface area contributed by atoms with E-state index in [1.165, 1.54) is 54.1 Å². The maximum atomic E-state index is 2.40. The van der Waals surface area contributed by atoms with Crippen LogP contribution in [0.1, 0.15) is 22.3 Å². The summed E-state index contributed by atoms with van der Waals surface area (Å²) in [6.07, 6.45) is 1.97. The van der Waals surface area contributed by atoms with E-state index in [9.17, 15) is 0 Å². The van der Waals surface area contributed by atoms with Crippen molar-refractivity contribution in [3.05, 3.63) is 180 Å². The second-order valence-electron chi connectivity index (χ2n) is 10.2.